The Balaban J connectivity index is 2.01. The van der Waals surface area contributed by atoms with E-state index < -0.39 is 11.4 Å². The molecule has 1 aromatic carbocycles. The number of hydrogen-bond acceptors (Lipinski definition) is 3. The van der Waals surface area contributed by atoms with Gasteiger partial charge in [-0.1, -0.05) is 43.2 Å². The zero-order valence-electron chi connectivity index (χ0n) is 11.8. The van der Waals surface area contributed by atoms with Crippen molar-refractivity contribution in [1.82, 2.24) is 0 Å². The Hall–Kier alpha value is -0.935. The summed E-state index contributed by atoms with van der Waals surface area (Å²) in [5, 5.41) is 9.71. The lowest BCUT2D eigenvalue weighted by Crippen LogP contribution is -2.34. The number of unbranched alkanes of at least 4 members (excludes halogenated alkanes) is 2. The van der Waals surface area contributed by atoms with Crippen LogP contribution in [0.3, 0.4) is 0 Å². The second kappa shape index (κ2) is 9.08. The van der Waals surface area contributed by atoms with E-state index in [4.69, 9.17) is 13.6 Å². The first-order chi connectivity index (χ1) is 9.49. The predicted molar refractivity (Wildman–Crippen MR) is 85.6 cm³/mol. The molecule has 20 heavy (non-hydrogen) atoms. The molecule has 3 N–H and O–H groups in total. The molecule has 0 aliphatic rings. The molecule has 1 aromatic rings. The highest BCUT2D eigenvalue weighted by atomic mass is 32.2. The zero-order chi connectivity index (χ0) is 14.8. The van der Waals surface area contributed by atoms with Crippen LogP contribution in [0.1, 0.15) is 37.7 Å². The first-order valence-corrected chi connectivity index (χ1v) is 8.06. The normalized spacial score (nSPS) is 13.8. The van der Waals surface area contributed by atoms with Crippen LogP contribution in [0.5, 0.6) is 0 Å². The molecular formula is C15H22BNO2S. The van der Waals surface area contributed by atoms with Gasteiger partial charge in [0.2, 0.25) is 5.91 Å². The molecule has 0 fully saturated rings. The molecule has 0 heterocycles. The highest BCUT2D eigenvalue weighted by Gasteiger charge is 2.21. The number of primary amides is 1. The molecule has 3 nitrogen and oxygen atoms in total. The lowest BCUT2D eigenvalue weighted by atomic mass is 9.75. The van der Waals surface area contributed by atoms with Crippen LogP contribution < -0.4 is 5.73 Å². The summed E-state index contributed by atoms with van der Waals surface area (Å²) in [5.41, 5.74) is 4.92. The number of carbonyl (C=O) groups is 1. The summed E-state index contributed by atoms with van der Waals surface area (Å²) in [4.78, 5) is 10.7. The molecule has 0 saturated carbocycles. The maximum Gasteiger partial charge on any atom is 0.219 e. The van der Waals surface area contributed by atoms with Gasteiger partial charge in [0.05, 0.1) is 0 Å². The van der Waals surface area contributed by atoms with Crippen LogP contribution in [0.25, 0.3) is 0 Å². The fourth-order valence-electron chi connectivity index (χ4n) is 1.97. The third-order valence-electron chi connectivity index (χ3n) is 2.99. The number of nitrogens with two attached hydrogens (primary N) is 1. The van der Waals surface area contributed by atoms with Gasteiger partial charge in [-0.05, 0) is 24.2 Å². The van der Waals surface area contributed by atoms with Gasteiger partial charge in [0.1, 0.15) is 7.85 Å². The topological polar surface area (TPSA) is 63.3 Å². The van der Waals surface area contributed by atoms with E-state index in [-0.39, 0.29) is 6.42 Å². The largest absolute Gasteiger partial charge is 0.399 e. The average molecular weight is 291 g/mol. The van der Waals surface area contributed by atoms with Crippen molar-refractivity contribution >= 4 is 25.5 Å². The number of rotatable bonds is 10. The van der Waals surface area contributed by atoms with Crippen molar-refractivity contribution in [2.75, 3.05) is 5.75 Å². The Kier molecular flexibility index (Phi) is 7.77. The lowest BCUT2D eigenvalue weighted by molar-refractivity contribution is -0.120. The molecule has 0 saturated heterocycles. The van der Waals surface area contributed by atoms with Crippen molar-refractivity contribution in [2.45, 2.75) is 43.4 Å². The maximum absolute atomic E-state index is 10.7. The lowest BCUT2D eigenvalue weighted by Gasteiger charge is -2.21. The average Bonchev–Trinajstić information content (AvgIpc) is 2.37. The van der Waals surface area contributed by atoms with Gasteiger partial charge in [-0.3, -0.25) is 4.79 Å². The third-order valence-corrected chi connectivity index (χ3v) is 4.11. The molecule has 1 amide bonds. The molecule has 5 heteroatoms. The van der Waals surface area contributed by atoms with E-state index in [0.29, 0.717) is 6.42 Å². The Labute approximate surface area is 126 Å². The first-order valence-electron chi connectivity index (χ1n) is 6.91. The molecule has 1 rings (SSSR count). The Morgan fingerprint density at radius 1 is 1.25 bits per heavy atom. The number of hydrogen-bond donors (Lipinski definition) is 2. The van der Waals surface area contributed by atoms with Crippen molar-refractivity contribution in [2.24, 2.45) is 5.73 Å². The number of amides is 1. The third kappa shape index (κ3) is 8.28. The monoisotopic (exact) mass is 291 g/mol. The molecule has 0 spiro atoms. The number of carbonyl (C=O) groups excluding carboxylic acids is 1. The Morgan fingerprint density at radius 2 is 1.95 bits per heavy atom. The standard InChI is InChI=1S/C15H22BNO2S/c16-15(19,11-14(17)18)9-5-2-6-10-20-12-13-7-3-1-4-8-13/h1,3-4,7-8,19H,2,5-6,9-12H2,(H2,17,18). The minimum atomic E-state index is -1.44. The maximum atomic E-state index is 10.7. The Morgan fingerprint density at radius 3 is 2.60 bits per heavy atom. The van der Waals surface area contributed by atoms with E-state index >= 15 is 0 Å². The van der Waals surface area contributed by atoms with Gasteiger partial charge in [-0.2, -0.15) is 11.8 Å². The molecule has 2 radical (unpaired) electrons. The summed E-state index contributed by atoms with van der Waals surface area (Å²) in [5.74, 6) is 1.56. The van der Waals surface area contributed by atoms with E-state index in [1.807, 2.05) is 17.8 Å². The number of benzene rings is 1. The smallest absolute Gasteiger partial charge is 0.219 e. The van der Waals surface area contributed by atoms with Gasteiger partial charge in [0.25, 0.3) is 0 Å². The summed E-state index contributed by atoms with van der Waals surface area (Å²) < 4.78 is 0. The van der Waals surface area contributed by atoms with Crippen LogP contribution in [0, 0.1) is 0 Å². The summed E-state index contributed by atoms with van der Waals surface area (Å²) in [6.45, 7) is 0. The van der Waals surface area contributed by atoms with Gasteiger partial charge in [-0.25, -0.2) is 0 Å². The molecule has 1 atom stereocenters. The molecule has 0 aromatic heterocycles. The predicted octanol–water partition coefficient (Wildman–Crippen LogP) is 2.21. The van der Waals surface area contributed by atoms with Gasteiger partial charge < -0.3 is 10.8 Å². The number of aliphatic hydroxyl groups is 1. The number of thioether (sulfide) groups is 1. The fourth-order valence-corrected chi connectivity index (χ4v) is 2.95. The van der Waals surface area contributed by atoms with Gasteiger partial charge in [-0.15, -0.1) is 0 Å². The molecule has 108 valence electrons. The van der Waals surface area contributed by atoms with E-state index in [0.717, 1.165) is 30.8 Å². The fraction of sp³-hybridized carbons (Fsp3) is 0.533. The highest BCUT2D eigenvalue weighted by Crippen LogP contribution is 2.18. The molecule has 0 bridgehead atoms. The minimum absolute atomic E-state index is 0.171. The van der Waals surface area contributed by atoms with E-state index in [2.05, 4.69) is 24.3 Å². The SMILES string of the molecule is [B]C(O)(CCCCCSCc1ccccc1)CC(N)=O. The summed E-state index contributed by atoms with van der Waals surface area (Å²) in [6, 6.07) is 10.4. The minimum Gasteiger partial charge on any atom is -0.399 e. The van der Waals surface area contributed by atoms with Crippen molar-refractivity contribution in [3.8, 4) is 0 Å². The quantitative estimate of drug-likeness (QED) is 0.513. The molecule has 1 unspecified atom stereocenters. The van der Waals surface area contributed by atoms with Crippen LogP contribution in [-0.4, -0.2) is 30.1 Å². The molecule has 0 aliphatic heterocycles. The first kappa shape index (κ1) is 17.1. The van der Waals surface area contributed by atoms with Crippen LogP contribution in [0.15, 0.2) is 30.3 Å². The molecule has 0 aliphatic carbocycles. The molecular weight excluding hydrogens is 269 g/mol. The van der Waals surface area contributed by atoms with Crippen molar-refractivity contribution in [1.29, 1.82) is 0 Å². The van der Waals surface area contributed by atoms with Crippen LogP contribution in [0.2, 0.25) is 0 Å². The summed E-state index contributed by atoms with van der Waals surface area (Å²) >= 11 is 1.91. The second-order valence-electron chi connectivity index (χ2n) is 5.10. The van der Waals surface area contributed by atoms with Crippen LogP contribution >= 0.6 is 11.8 Å². The van der Waals surface area contributed by atoms with Crippen LogP contribution in [-0.2, 0) is 10.5 Å². The highest BCUT2D eigenvalue weighted by molar-refractivity contribution is 7.98. The van der Waals surface area contributed by atoms with Gasteiger partial charge >= 0.3 is 0 Å². The summed E-state index contributed by atoms with van der Waals surface area (Å²) in [6.07, 6.45) is 3.14. The van der Waals surface area contributed by atoms with Gasteiger partial charge in [0, 0.05) is 17.7 Å². The van der Waals surface area contributed by atoms with Crippen molar-refractivity contribution < 1.29 is 9.90 Å². The second-order valence-corrected chi connectivity index (χ2v) is 6.20. The van der Waals surface area contributed by atoms with Gasteiger partial charge in [0.15, 0.2) is 0 Å². The summed E-state index contributed by atoms with van der Waals surface area (Å²) in [7, 11) is 5.58. The van der Waals surface area contributed by atoms with E-state index in [9.17, 15) is 9.90 Å². The van der Waals surface area contributed by atoms with Crippen LogP contribution in [0.4, 0.5) is 0 Å². The zero-order valence-corrected chi connectivity index (χ0v) is 12.6. The Bertz CT molecular complexity index is 398. The van der Waals surface area contributed by atoms with Crippen molar-refractivity contribution in [3.05, 3.63) is 35.9 Å². The van der Waals surface area contributed by atoms with Crippen molar-refractivity contribution in [3.63, 3.8) is 0 Å². The van der Waals surface area contributed by atoms with E-state index in [1.54, 1.807) is 0 Å². The van der Waals surface area contributed by atoms with E-state index in [1.165, 1.54) is 5.56 Å².